The van der Waals surface area contributed by atoms with E-state index in [9.17, 15) is 14.7 Å². The largest absolute Gasteiger partial charge is 0.480 e. The number of benzene rings is 2. The Morgan fingerprint density at radius 1 is 0.935 bits per heavy atom. The molecule has 1 aliphatic heterocycles. The number of carboxylic acid groups (broad SMARTS) is 1. The SMILES string of the molecule is C[C@@H](NC(=O)[C@H]1CC[C@H](C(=O)O)N1)[C@@H]1CCCC1P(c1ccccc1)c1ccccc1. The van der Waals surface area contributed by atoms with Crippen LogP contribution in [-0.2, 0) is 9.59 Å². The highest BCUT2D eigenvalue weighted by Gasteiger charge is 2.40. The Hall–Kier alpha value is -2.23. The molecule has 1 amide bonds. The van der Waals surface area contributed by atoms with Gasteiger partial charge in [0.15, 0.2) is 0 Å². The Kier molecular flexibility index (Phi) is 7.04. The zero-order chi connectivity index (χ0) is 21.8. The van der Waals surface area contributed by atoms with E-state index in [2.05, 4.69) is 78.2 Å². The van der Waals surface area contributed by atoms with E-state index in [-0.39, 0.29) is 11.9 Å². The first-order valence-electron chi connectivity index (χ1n) is 11.2. The highest BCUT2D eigenvalue weighted by molar-refractivity contribution is 7.73. The smallest absolute Gasteiger partial charge is 0.320 e. The van der Waals surface area contributed by atoms with Crippen LogP contribution in [-0.4, -0.2) is 40.8 Å². The van der Waals surface area contributed by atoms with Crippen LogP contribution in [0.25, 0.3) is 0 Å². The molecular formula is C25H31N2O3P. The molecule has 31 heavy (non-hydrogen) atoms. The van der Waals surface area contributed by atoms with Gasteiger partial charge in [0.1, 0.15) is 6.04 Å². The van der Waals surface area contributed by atoms with Gasteiger partial charge in [-0.15, -0.1) is 0 Å². The molecule has 3 N–H and O–H groups in total. The van der Waals surface area contributed by atoms with Crippen molar-refractivity contribution in [3.63, 3.8) is 0 Å². The maximum absolute atomic E-state index is 12.8. The first kappa shape index (κ1) is 22.0. The van der Waals surface area contributed by atoms with Gasteiger partial charge in [-0.25, -0.2) is 0 Å². The second-order valence-electron chi connectivity index (χ2n) is 8.69. The Labute approximate surface area is 185 Å². The molecule has 0 bridgehead atoms. The van der Waals surface area contributed by atoms with Crippen molar-refractivity contribution < 1.29 is 14.7 Å². The van der Waals surface area contributed by atoms with E-state index in [0.29, 0.717) is 24.4 Å². The summed E-state index contributed by atoms with van der Waals surface area (Å²) in [7, 11) is -0.519. The number of carbonyl (C=O) groups is 2. The van der Waals surface area contributed by atoms with E-state index >= 15 is 0 Å². The summed E-state index contributed by atoms with van der Waals surface area (Å²) in [6.45, 7) is 2.12. The normalized spacial score (nSPS) is 26.6. The van der Waals surface area contributed by atoms with Gasteiger partial charge >= 0.3 is 5.97 Å². The number of amides is 1. The van der Waals surface area contributed by atoms with Gasteiger partial charge in [0.2, 0.25) is 5.91 Å². The molecule has 0 aromatic heterocycles. The van der Waals surface area contributed by atoms with Gasteiger partial charge in [-0.05, 0) is 62.7 Å². The summed E-state index contributed by atoms with van der Waals surface area (Å²) in [5, 5.41) is 18.2. The quantitative estimate of drug-likeness (QED) is 0.581. The number of rotatable bonds is 7. The van der Waals surface area contributed by atoms with Crippen LogP contribution >= 0.6 is 7.92 Å². The van der Waals surface area contributed by atoms with Gasteiger partial charge in [0, 0.05) is 6.04 Å². The Morgan fingerprint density at radius 3 is 2.06 bits per heavy atom. The van der Waals surface area contributed by atoms with Gasteiger partial charge in [-0.3, -0.25) is 14.9 Å². The van der Waals surface area contributed by atoms with Gasteiger partial charge in [0.05, 0.1) is 6.04 Å². The van der Waals surface area contributed by atoms with E-state index in [0.717, 1.165) is 6.42 Å². The van der Waals surface area contributed by atoms with Crippen molar-refractivity contribution in [1.82, 2.24) is 10.6 Å². The number of carbonyl (C=O) groups excluding carboxylic acids is 1. The van der Waals surface area contributed by atoms with E-state index in [4.69, 9.17) is 0 Å². The predicted molar refractivity (Wildman–Crippen MR) is 125 cm³/mol. The number of nitrogens with one attached hydrogen (secondary N) is 2. The molecule has 5 atom stereocenters. The van der Waals surface area contributed by atoms with Crippen molar-refractivity contribution in [3.05, 3.63) is 60.7 Å². The third kappa shape index (κ3) is 4.99. The maximum atomic E-state index is 12.8. The second-order valence-corrected chi connectivity index (χ2v) is 11.1. The second kappa shape index (κ2) is 9.93. The zero-order valence-corrected chi connectivity index (χ0v) is 18.8. The molecular weight excluding hydrogens is 407 g/mol. The summed E-state index contributed by atoms with van der Waals surface area (Å²) in [6, 6.07) is 20.6. The van der Waals surface area contributed by atoms with Crippen LogP contribution < -0.4 is 21.2 Å². The average molecular weight is 439 g/mol. The van der Waals surface area contributed by atoms with Crippen LogP contribution in [0.2, 0.25) is 0 Å². The molecule has 1 saturated heterocycles. The molecule has 164 valence electrons. The summed E-state index contributed by atoms with van der Waals surface area (Å²) in [6.07, 6.45) is 4.53. The van der Waals surface area contributed by atoms with E-state index in [1.165, 1.54) is 23.5 Å². The van der Waals surface area contributed by atoms with Crippen LogP contribution in [0.1, 0.15) is 39.0 Å². The third-order valence-corrected chi connectivity index (χ3v) is 9.72. The van der Waals surface area contributed by atoms with E-state index < -0.39 is 26.0 Å². The fourth-order valence-corrected chi connectivity index (χ4v) is 8.44. The molecule has 1 heterocycles. The molecule has 0 radical (unpaired) electrons. The molecule has 5 nitrogen and oxygen atoms in total. The minimum atomic E-state index is -0.879. The first-order chi connectivity index (χ1) is 15.0. The van der Waals surface area contributed by atoms with Gasteiger partial charge in [-0.1, -0.05) is 67.1 Å². The molecule has 2 aliphatic rings. The topological polar surface area (TPSA) is 78.4 Å². The zero-order valence-electron chi connectivity index (χ0n) is 17.9. The standard InChI is InChI=1S/C25H31N2O3P/c1-17(26-24(28)21-15-16-22(27-21)25(29)30)20-13-8-14-23(20)31(18-9-4-2-5-10-18)19-11-6-3-7-12-19/h2-7,9-12,17,20-23,27H,8,13-16H2,1H3,(H,26,28)(H,29,30)/t17-,20+,21-,22-,23?/m1/s1. The molecule has 0 spiro atoms. The molecule has 1 saturated carbocycles. The molecule has 2 fully saturated rings. The predicted octanol–water partition coefficient (Wildman–Crippen LogP) is 3.00. The number of aliphatic carboxylic acids is 1. The van der Waals surface area contributed by atoms with Crippen molar-refractivity contribution in [3.8, 4) is 0 Å². The Morgan fingerprint density at radius 2 is 1.52 bits per heavy atom. The fraction of sp³-hybridized carbons (Fsp3) is 0.440. The lowest BCUT2D eigenvalue weighted by Crippen LogP contribution is -2.50. The highest BCUT2D eigenvalue weighted by Crippen LogP contribution is 2.51. The van der Waals surface area contributed by atoms with Crippen molar-refractivity contribution in [2.75, 3.05) is 0 Å². The van der Waals surface area contributed by atoms with E-state index in [1.54, 1.807) is 0 Å². The number of hydrogen-bond donors (Lipinski definition) is 3. The van der Waals surface area contributed by atoms with E-state index in [1.807, 2.05) is 0 Å². The third-order valence-electron chi connectivity index (χ3n) is 6.71. The molecule has 1 aliphatic carbocycles. The monoisotopic (exact) mass is 438 g/mol. The van der Waals surface area contributed by atoms with Gasteiger partial charge < -0.3 is 10.4 Å². The lowest BCUT2D eigenvalue weighted by molar-refractivity contribution is -0.139. The minimum absolute atomic E-state index is 0.0584. The van der Waals surface area contributed by atoms with Crippen LogP contribution in [0.4, 0.5) is 0 Å². The van der Waals surface area contributed by atoms with Gasteiger partial charge in [0.25, 0.3) is 0 Å². The van der Waals surface area contributed by atoms with Crippen molar-refractivity contribution in [1.29, 1.82) is 0 Å². The minimum Gasteiger partial charge on any atom is -0.480 e. The summed E-state index contributed by atoms with van der Waals surface area (Å²) < 4.78 is 0. The number of hydrogen-bond acceptors (Lipinski definition) is 3. The first-order valence-corrected chi connectivity index (χ1v) is 12.6. The summed E-state index contributed by atoms with van der Waals surface area (Å²) in [5.74, 6) is -0.534. The van der Waals surface area contributed by atoms with Crippen molar-refractivity contribution in [2.45, 2.75) is 62.8 Å². The summed E-state index contributed by atoms with van der Waals surface area (Å²) >= 11 is 0. The molecule has 6 heteroatoms. The van der Waals surface area contributed by atoms with Gasteiger partial charge in [-0.2, -0.15) is 0 Å². The summed E-state index contributed by atoms with van der Waals surface area (Å²) in [5.41, 5.74) is 0.512. The number of carboxylic acids is 1. The fourth-order valence-electron chi connectivity index (χ4n) is 5.16. The molecule has 2 aromatic carbocycles. The molecule has 1 unspecified atom stereocenters. The lowest BCUT2D eigenvalue weighted by atomic mass is 9.99. The lowest BCUT2D eigenvalue weighted by Gasteiger charge is -2.34. The van der Waals surface area contributed by atoms with Crippen LogP contribution in [0.3, 0.4) is 0 Å². The Bertz CT molecular complexity index is 853. The van der Waals surface area contributed by atoms with Crippen LogP contribution in [0, 0.1) is 5.92 Å². The van der Waals surface area contributed by atoms with Crippen LogP contribution in [0.15, 0.2) is 60.7 Å². The highest BCUT2D eigenvalue weighted by atomic mass is 31.1. The summed E-state index contributed by atoms with van der Waals surface area (Å²) in [4.78, 5) is 24.0. The molecule has 4 rings (SSSR count). The Balaban J connectivity index is 1.50. The maximum Gasteiger partial charge on any atom is 0.320 e. The average Bonchev–Trinajstić information content (AvgIpc) is 3.46. The van der Waals surface area contributed by atoms with Crippen molar-refractivity contribution in [2.24, 2.45) is 5.92 Å². The van der Waals surface area contributed by atoms with Crippen molar-refractivity contribution >= 4 is 30.4 Å². The molecule has 2 aromatic rings. The van der Waals surface area contributed by atoms with Crippen LogP contribution in [0.5, 0.6) is 0 Å².